The topological polar surface area (TPSA) is 0 Å². The van der Waals surface area contributed by atoms with Gasteiger partial charge in [0, 0.05) is 0 Å². The van der Waals surface area contributed by atoms with Crippen LogP contribution >= 0.6 is 0 Å². The summed E-state index contributed by atoms with van der Waals surface area (Å²) in [6.45, 7) is 13.7. The van der Waals surface area contributed by atoms with Crippen LogP contribution in [0.2, 0.25) is 0 Å². The average molecular weight is 457 g/mol. The zero-order chi connectivity index (χ0) is 24.1. The van der Waals surface area contributed by atoms with Gasteiger partial charge in [-0.15, -0.1) is 0 Å². The van der Waals surface area contributed by atoms with Gasteiger partial charge in [0.15, 0.2) is 0 Å². The zero-order valence-electron chi connectivity index (χ0n) is 22.0. The molecule has 0 radical (unpaired) electrons. The summed E-state index contributed by atoms with van der Waals surface area (Å²) >= 11 is 0. The van der Waals surface area contributed by atoms with Crippen LogP contribution in [-0.2, 0) is 0 Å². The molecular weight excluding hydrogens is 410 g/mol. The van der Waals surface area contributed by atoms with Crippen molar-refractivity contribution in [3.63, 3.8) is 0 Å². The number of allylic oxidation sites excluding steroid dienone is 3. The van der Waals surface area contributed by atoms with Gasteiger partial charge in [-0.3, -0.25) is 0 Å². The standard InChI is InChI=1S/C31H46F2/c1-20(31-24(5)22(3)21(2)23(4)25(31)6)19-29-15-13-27(14-16-29)8-7-26-9-11-28(12-10-26)17-18-30(32)33/h18-19,26-29H,7-17H2,1-6H3/b20-19+. The minimum absolute atomic E-state index is 0.488. The van der Waals surface area contributed by atoms with Gasteiger partial charge in [-0.25, -0.2) is 0 Å². The van der Waals surface area contributed by atoms with Crippen molar-refractivity contribution >= 4 is 5.57 Å². The Balaban J connectivity index is 1.46. The van der Waals surface area contributed by atoms with Crippen molar-refractivity contribution in [1.29, 1.82) is 0 Å². The maximum Gasteiger partial charge on any atom is 0.266 e. The molecule has 0 atom stereocenters. The molecule has 0 nitrogen and oxygen atoms in total. The second-order valence-corrected chi connectivity index (χ2v) is 11.3. The normalized spacial score (nSPS) is 26.4. The Bertz CT molecular complexity index is 826. The fraction of sp³-hybridized carbons (Fsp3) is 0.677. The lowest BCUT2D eigenvalue weighted by atomic mass is 9.74. The molecule has 2 aliphatic rings. The lowest BCUT2D eigenvalue weighted by Crippen LogP contribution is -2.17. The fourth-order valence-electron chi connectivity index (χ4n) is 6.65. The van der Waals surface area contributed by atoms with Crippen molar-refractivity contribution in [2.45, 2.75) is 112 Å². The smallest absolute Gasteiger partial charge is 0.174 e. The highest BCUT2D eigenvalue weighted by Gasteiger charge is 2.24. The SMILES string of the molecule is C/C(=C\C1CCC(CCC2CCC(CC=C(F)F)CC2)CC1)c1c(C)c(C)c(C)c(C)c1C. The second-order valence-electron chi connectivity index (χ2n) is 11.3. The van der Waals surface area contributed by atoms with Crippen LogP contribution in [-0.4, -0.2) is 0 Å². The van der Waals surface area contributed by atoms with E-state index in [1.165, 1.54) is 90.3 Å². The van der Waals surface area contributed by atoms with E-state index in [2.05, 4.69) is 47.6 Å². The number of rotatable bonds is 7. The predicted molar refractivity (Wildman–Crippen MR) is 139 cm³/mol. The molecule has 2 saturated carbocycles. The summed E-state index contributed by atoms with van der Waals surface area (Å²) in [6, 6.07) is 0. The predicted octanol–water partition coefficient (Wildman–Crippen LogP) is 10.2. The van der Waals surface area contributed by atoms with Gasteiger partial charge in [0.2, 0.25) is 0 Å². The fourth-order valence-corrected chi connectivity index (χ4v) is 6.65. The van der Waals surface area contributed by atoms with Gasteiger partial charge in [0.05, 0.1) is 0 Å². The molecule has 33 heavy (non-hydrogen) atoms. The van der Waals surface area contributed by atoms with Crippen molar-refractivity contribution in [2.75, 3.05) is 0 Å². The van der Waals surface area contributed by atoms with E-state index in [-0.39, 0.29) is 0 Å². The molecule has 184 valence electrons. The molecule has 0 bridgehead atoms. The van der Waals surface area contributed by atoms with Crippen LogP contribution in [0.15, 0.2) is 18.2 Å². The third-order valence-electron chi connectivity index (χ3n) is 9.33. The van der Waals surface area contributed by atoms with E-state index in [1.807, 2.05) is 0 Å². The molecule has 2 aliphatic carbocycles. The van der Waals surface area contributed by atoms with E-state index in [0.29, 0.717) is 12.3 Å². The molecule has 1 aromatic carbocycles. The van der Waals surface area contributed by atoms with Crippen LogP contribution in [0.4, 0.5) is 8.78 Å². The first-order valence-corrected chi connectivity index (χ1v) is 13.4. The molecule has 3 rings (SSSR count). The zero-order valence-corrected chi connectivity index (χ0v) is 22.0. The monoisotopic (exact) mass is 456 g/mol. The van der Waals surface area contributed by atoms with E-state index in [1.54, 1.807) is 0 Å². The van der Waals surface area contributed by atoms with Crippen molar-refractivity contribution in [1.82, 2.24) is 0 Å². The maximum absolute atomic E-state index is 12.3. The highest BCUT2D eigenvalue weighted by atomic mass is 19.3. The molecule has 0 aromatic heterocycles. The van der Waals surface area contributed by atoms with Crippen LogP contribution in [0.3, 0.4) is 0 Å². The molecule has 0 saturated heterocycles. The van der Waals surface area contributed by atoms with Crippen molar-refractivity contribution in [3.8, 4) is 0 Å². The summed E-state index contributed by atoms with van der Waals surface area (Å²) < 4.78 is 24.6. The molecule has 0 heterocycles. The summed E-state index contributed by atoms with van der Waals surface area (Å²) in [5.41, 5.74) is 10.2. The van der Waals surface area contributed by atoms with E-state index in [4.69, 9.17) is 0 Å². The van der Waals surface area contributed by atoms with Gasteiger partial charge in [-0.1, -0.05) is 31.8 Å². The molecule has 2 fully saturated rings. The van der Waals surface area contributed by atoms with E-state index in [0.717, 1.165) is 36.7 Å². The Labute approximate surface area is 201 Å². The maximum atomic E-state index is 12.3. The van der Waals surface area contributed by atoms with E-state index in [9.17, 15) is 8.78 Å². The summed E-state index contributed by atoms with van der Waals surface area (Å²) in [5, 5.41) is 0. The number of hydrogen-bond donors (Lipinski definition) is 0. The molecule has 1 aromatic rings. The lowest BCUT2D eigenvalue weighted by molar-refractivity contribution is 0.227. The summed E-state index contributed by atoms with van der Waals surface area (Å²) in [5.74, 6) is 2.94. The van der Waals surface area contributed by atoms with Crippen LogP contribution < -0.4 is 0 Å². The largest absolute Gasteiger partial charge is 0.266 e. The van der Waals surface area contributed by atoms with Crippen molar-refractivity contribution < 1.29 is 8.78 Å². The molecule has 0 aliphatic heterocycles. The number of benzene rings is 1. The Morgan fingerprint density at radius 1 is 0.667 bits per heavy atom. The van der Waals surface area contributed by atoms with Crippen LogP contribution in [0.25, 0.3) is 5.57 Å². The Morgan fingerprint density at radius 3 is 1.58 bits per heavy atom. The highest BCUT2D eigenvalue weighted by molar-refractivity contribution is 5.72. The van der Waals surface area contributed by atoms with Crippen molar-refractivity contribution in [3.05, 3.63) is 51.6 Å². The third kappa shape index (κ3) is 6.80. The summed E-state index contributed by atoms with van der Waals surface area (Å²) in [4.78, 5) is 0. The van der Waals surface area contributed by atoms with Gasteiger partial charge < -0.3 is 0 Å². The average Bonchev–Trinajstić information content (AvgIpc) is 2.80. The third-order valence-corrected chi connectivity index (χ3v) is 9.33. The summed E-state index contributed by atoms with van der Waals surface area (Å²) in [6.07, 6.45) is 15.7. The van der Waals surface area contributed by atoms with Gasteiger partial charge in [0.25, 0.3) is 6.08 Å². The molecule has 0 unspecified atom stereocenters. The molecule has 0 spiro atoms. The molecule has 2 heteroatoms. The van der Waals surface area contributed by atoms with Crippen LogP contribution in [0, 0.1) is 58.3 Å². The summed E-state index contributed by atoms with van der Waals surface area (Å²) in [7, 11) is 0. The Hall–Kier alpha value is -1.44. The number of halogens is 2. The highest BCUT2D eigenvalue weighted by Crippen LogP contribution is 2.39. The quantitative estimate of drug-likeness (QED) is 0.383. The van der Waals surface area contributed by atoms with Crippen molar-refractivity contribution in [2.24, 2.45) is 23.7 Å². The Morgan fingerprint density at radius 2 is 1.09 bits per heavy atom. The minimum Gasteiger partial charge on any atom is -0.174 e. The second kappa shape index (κ2) is 11.8. The van der Waals surface area contributed by atoms with E-state index >= 15 is 0 Å². The first-order valence-electron chi connectivity index (χ1n) is 13.4. The van der Waals surface area contributed by atoms with Crippen LogP contribution in [0.5, 0.6) is 0 Å². The minimum atomic E-state index is -1.51. The molecular formula is C31H46F2. The van der Waals surface area contributed by atoms with Gasteiger partial charge in [-0.2, -0.15) is 8.78 Å². The van der Waals surface area contributed by atoms with Crippen LogP contribution in [0.1, 0.15) is 111 Å². The molecule has 0 amide bonds. The van der Waals surface area contributed by atoms with Gasteiger partial charge in [-0.05, 0) is 155 Å². The molecule has 0 N–H and O–H groups in total. The van der Waals surface area contributed by atoms with E-state index < -0.39 is 6.08 Å². The first kappa shape index (κ1) is 26.2. The van der Waals surface area contributed by atoms with Gasteiger partial charge >= 0.3 is 0 Å². The lowest BCUT2D eigenvalue weighted by Gasteiger charge is -2.31. The first-order chi connectivity index (χ1) is 15.7. The Kier molecular flexibility index (Phi) is 9.36. The van der Waals surface area contributed by atoms with Gasteiger partial charge in [0.1, 0.15) is 0 Å². The number of hydrogen-bond acceptors (Lipinski definition) is 0.